The Labute approximate surface area is 157 Å². The van der Waals surface area contributed by atoms with Crippen LogP contribution in [0.1, 0.15) is 31.9 Å². The lowest BCUT2D eigenvalue weighted by Crippen LogP contribution is -2.44. The van der Waals surface area contributed by atoms with Crippen molar-refractivity contribution in [3.63, 3.8) is 0 Å². The Morgan fingerprint density at radius 2 is 1.87 bits per heavy atom. The van der Waals surface area contributed by atoms with E-state index in [2.05, 4.69) is 60.8 Å². The van der Waals surface area contributed by atoms with Crippen molar-refractivity contribution >= 4 is 29.9 Å². The smallest absolute Gasteiger partial charge is 0.191 e. The van der Waals surface area contributed by atoms with Gasteiger partial charge in [0.25, 0.3) is 0 Å². The zero-order valence-corrected chi connectivity index (χ0v) is 17.4. The van der Waals surface area contributed by atoms with Crippen LogP contribution in [0.3, 0.4) is 0 Å². The Balaban J connectivity index is 0.00000484. The number of nitrogens with one attached hydrogen (secondary N) is 3. The highest BCUT2D eigenvalue weighted by molar-refractivity contribution is 14.0. The zero-order chi connectivity index (χ0) is 16.6. The molecule has 0 spiro atoms. The minimum absolute atomic E-state index is 0. The lowest BCUT2D eigenvalue weighted by atomic mass is 10.1. The number of aliphatic imine (C=N–C) groups is 1. The molecule has 23 heavy (non-hydrogen) atoms. The van der Waals surface area contributed by atoms with Crippen molar-refractivity contribution in [3.8, 4) is 5.75 Å². The lowest BCUT2D eigenvalue weighted by Gasteiger charge is -2.21. The maximum atomic E-state index is 5.42. The molecule has 0 aromatic heterocycles. The number of ether oxygens (including phenoxy) is 1. The van der Waals surface area contributed by atoms with Crippen molar-refractivity contribution in [2.45, 2.75) is 39.8 Å². The monoisotopic (exact) mass is 434 g/mol. The molecule has 0 aliphatic carbocycles. The fourth-order valence-corrected chi connectivity index (χ4v) is 2.02. The Morgan fingerprint density at radius 1 is 1.17 bits per heavy atom. The third kappa shape index (κ3) is 9.00. The summed E-state index contributed by atoms with van der Waals surface area (Å²) in [4.78, 5) is 4.24. The molecule has 1 aromatic carbocycles. The van der Waals surface area contributed by atoms with Gasteiger partial charge in [-0.25, -0.2) is 0 Å². The molecule has 0 amide bonds. The van der Waals surface area contributed by atoms with Crippen LogP contribution in [0, 0.1) is 6.92 Å². The Bertz CT molecular complexity index is 498. The molecule has 6 heteroatoms. The summed E-state index contributed by atoms with van der Waals surface area (Å²) in [6, 6.07) is 6.21. The molecule has 1 rings (SSSR count). The largest absolute Gasteiger partial charge is 0.496 e. The van der Waals surface area contributed by atoms with E-state index < -0.39 is 0 Å². The van der Waals surface area contributed by atoms with Crippen molar-refractivity contribution in [1.82, 2.24) is 16.0 Å². The van der Waals surface area contributed by atoms with E-state index in [1.807, 2.05) is 6.07 Å². The first-order valence-corrected chi connectivity index (χ1v) is 7.69. The van der Waals surface area contributed by atoms with Crippen LogP contribution in [-0.4, -0.2) is 38.7 Å². The van der Waals surface area contributed by atoms with E-state index in [-0.39, 0.29) is 29.5 Å². The summed E-state index contributed by atoms with van der Waals surface area (Å²) in [6.07, 6.45) is 0. The number of methoxy groups -OCH3 is 1. The molecule has 0 saturated heterocycles. The first kappa shape index (κ1) is 22.0. The highest BCUT2D eigenvalue weighted by Gasteiger charge is 2.08. The lowest BCUT2D eigenvalue weighted by molar-refractivity contribution is 0.408. The first-order chi connectivity index (χ1) is 10.4. The van der Waals surface area contributed by atoms with E-state index in [4.69, 9.17) is 4.74 Å². The Kier molecular flexibility index (Phi) is 10.2. The molecule has 0 aliphatic heterocycles. The predicted octanol–water partition coefficient (Wildman–Crippen LogP) is 2.67. The van der Waals surface area contributed by atoms with Crippen LogP contribution < -0.4 is 20.7 Å². The first-order valence-electron chi connectivity index (χ1n) is 7.69. The van der Waals surface area contributed by atoms with Crippen LogP contribution in [0.15, 0.2) is 23.2 Å². The minimum atomic E-state index is 0. The van der Waals surface area contributed by atoms with Gasteiger partial charge < -0.3 is 20.7 Å². The van der Waals surface area contributed by atoms with Crippen LogP contribution in [0.4, 0.5) is 0 Å². The number of hydrogen-bond donors (Lipinski definition) is 3. The second-order valence-electron chi connectivity index (χ2n) is 6.34. The SMILES string of the molecule is CN=C(NCCNC(C)(C)C)NCc1ccc(C)cc1OC.I. The van der Waals surface area contributed by atoms with Crippen LogP contribution in [0.5, 0.6) is 5.75 Å². The number of aryl methyl sites for hydroxylation is 1. The molecule has 0 unspecified atom stereocenters. The van der Waals surface area contributed by atoms with E-state index in [1.54, 1.807) is 14.2 Å². The van der Waals surface area contributed by atoms with Gasteiger partial charge in [0.15, 0.2) is 5.96 Å². The van der Waals surface area contributed by atoms with Crippen molar-refractivity contribution in [2.75, 3.05) is 27.2 Å². The molecule has 132 valence electrons. The molecule has 0 saturated carbocycles. The molecule has 3 N–H and O–H groups in total. The van der Waals surface area contributed by atoms with Crippen LogP contribution >= 0.6 is 24.0 Å². The number of benzene rings is 1. The van der Waals surface area contributed by atoms with Crippen molar-refractivity contribution in [3.05, 3.63) is 29.3 Å². The summed E-state index contributed by atoms with van der Waals surface area (Å²) in [7, 11) is 3.47. The van der Waals surface area contributed by atoms with Gasteiger partial charge in [0.1, 0.15) is 5.75 Å². The number of halogens is 1. The normalized spacial score (nSPS) is 11.7. The predicted molar refractivity (Wildman–Crippen MR) is 109 cm³/mol. The van der Waals surface area contributed by atoms with Crippen molar-refractivity contribution < 1.29 is 4.74 Å². The van der Waals surface area contributed by atoms with Crippen LogP contribution in [-0.2, 0) is 6.54 Å². The van der Waals surface area contributed by atoms with Gasteiger partial charge in [-0.1, -0.05) is 12.1 Å². The van der Waals surface area contributed by atoms with E-state index in [9.17, 15) is 0 Å². The van der Waals surface area contributed by atoms with Gasteiger partial charge in [-0.2, -0.15) is 0 Å². The molecule has 0 fully saturated rings. The van der Waals surface area contributed by atoms with Crippen molar-refractivity contribution in [1.29, 1.82) is 0 Å². The third-order valence-corrected chi connectivity index (χ3v) is 3.19. The van der Waals surface area contributed by atoms with Gasteiger partial charge in [0.05, 0.1) is 7.11 Å². The van der Waals surface area contributed by atoms with Gasteiger partial charge in [-0.15, -0.1) is 24.0 Å². The third-order valence-electron chi connectivity index (χ3n) is 3.19. The molecular formula is C17H31IN4O. The summed E-state index contributed by atoms with van der Waals surface area (Å²) >= 11 is 0. The maximum absolute atomic E-state index is 5.42. The average molecular weight is 434 g/mol. The van der Waals surface area contributed by atoms with Gasteiger partial charge in [0.2, 0.25) is 0 Å². The number of rotatable bonds is 6. The molecular weight excluding hydrogens is 403 g/mol. The Hall–Kier alpha value is -1.02. The maximum Gasteiger partial charge on any atom is 0.191 e. The van der Waals surface area contributed by atoms with E-state index in [1.165, 1.54) is 5.56 Å². The van der Waals surface area contributed by atoms with Gasteiger partial charge in [0, 0.05) is 37.8 Å². The molecule has 1 aromatic rings. The standard InChI is InChI=1S/C17H30N4O.HI/c1-13-7-8-14(15(11-13)22-6)12-20-16(18-5)19-9-10-21-17(2,3)4;/h7-8,11,21H,9-10,12H2,1-6H3,(H2,18,19,20);1H. The average Bonchev–Trinajstić information content (AvgIpc) is 2.46. The summed E-state index contributed by atoms with van der Waals surface area (Å²) in [5.41, 5.74) is 2.44. The summed E-state index contributed by atoms with van der Waals surface area (Å²) in [5, 5.41) is 10.0. The van der Waals surface area contributed by atoms with Gasteiger partial charge in [-0.05, 0) is 39.3 Å². The molecule has 0 radical (unpaired) electrons. The van der Waals surface area contributed by atoms with Crippen molar-refractivity contribution in [2.24, 2.45) is 4.99 Å². The Morgan fingerprint density at radius 3 is 2.43 bits per heavy atom. The number of guanidine groups is 1. The second kappa shape index (κ2) is 10.7. The number of hydrogen-bond acceptors (Lipinski definition) is 3. The van der Waals surface area contributed by atoms with E-state index in [0.717, 1.165) is 30.4 Å². The topological polar surface area (TPSA) is 57.7 Å². The van der Waals surface area contributed by atoms with Gasteiger partial charge >= 0.3 is 0 Å². The van der Waals surface area contributed by atoms with E-state index >= 15 is 0 Å². The second-order valence-corrected chi connectivity index (χ2v) is 6.34. The molecule has 0 atom stereocenters. The quantitative estimate of drug-likeness (QED) is 0.279. The molecule has 0 bridgehead atoms. The molecule has 5 nitrogen and oxygen atoms in total. The highest BCUT2D eigenvalue weighted by Crippen LogP contribution is 2.19. The summed E-state index contributed by atoms with van der Waals surface area (Å²) in [5.74, 6) is 1.69. The molecule has 0 aliphatic rings. The minimum Gasteiger partial charge on any atom is -0.496 e. The van der Waals surface area contributed by atoms with E-state index in [0.29, 0.717) is 6.54 Å². The fourth-order valence-electron chi connectivity index (χ4n) is 2.02. The van der Waals surface area contributed by atoms with Crippen LogP contribution in [0.2, 0.25) is 0 Å². The number of nitrogens with zero attached hydrogens (tertiary/aromatic N) is 1. The summed E-state index contributed by atoms with van der Waals surface area (Å²) < 4.78 is 5.42. The fraction of sp³-hybridized carbons (Fsp3) is 0.588. The summed E-state index contributed by atoms with van der Waals surface area (Å²) in [6.45, 7) is 10.9. The van der Waals surface area contributed by atoms with Gasteiger partial charge in [-0.3, -0.25) is 4.99 Å². The highest BCUT2D eigenvalue weighted by atomic mass is 127. The molecule has 0 heterocycles. The zero-order valence-electron chi connectivity index (χ0n) is 15.1. The van der Waals surface area contributed by atoms with Crippen LogP contribution in [0.25, 0.3) is 0 Å².